The molecule has 76 valence electrons. The smallest absolute Gasteiger partial charge is 0.230 e. The number of amides is 1. The molecule has 3 nitrogen and oxygen atoms in total. The van der Waals surface area contributed by atoms with Crippen LogP contribution in [-0.2, 0) is 9.53 Å². The molecule has 1 aliphatic heterocycles. The van der Waals surface area contributed by atoms with Crippen LogP contribution in [0.15, 0.2) is 21.7 Å². The molecule has 1 fully saturated rings. The molecule has 2 heterocycles. The lowest BCUT2D eigenvalue weighted by atomic mass is 10.2. The molecule has 0 unspecified atom stereocenters. The standard InChI is InChI=1S/C9H11NO2S2/c11-8(10-7-4-12-5-7)6-14-9-2-1-3-13-9/h1-3,7H,4-6H2,(H,10,11). The molecule has 0 aliphatic carbocycles. The van der Waals surface area contributed by atoms with Crippen LogP contribution in [0.2, 0.25) is 0 Å². The van der Waals surface area contributed by atoms with Crippen molar-refractivity contribution in [2.45, 2.75) is 10.3 Å². The van der Waals surface area contributed by atoms with Crippen molar-refractivity contribution >= 4 is 29.0 Å². The zero-order valence-electron chi connectivity index (χ0n) is 7.56. The Hall–Kier alpha value is -0.520. The first-order valence-electron chi connectivity index (χ1n) is 4.38. The van der Waals surface area contributed by atoms with Gasteiger partial charge in [-0.05, 0) is 11.4 Å². The van der Waals surface area contributed by atoms with E-state index >= 15 is 0 Å². The van der Waals surface area contributed by atoms with Crippen LogP contribution in [0.1, 0.15) is 0 Å². The van der Waals surface area contributed by atoms with Gasteiger partial charge in [-0.1, -0.05) is 6.07 Å². The molecule has 1 aromatic heterocycles. The number of thiophene rings is 1. The fourth-order valence-electron chi connectivity index (χ4n) is 1.07. The lowest BCUT2D eigenvalue weighted by Gasteiger charge is -2.26. The summed E-state index contributed by atoms with van der Waals surface area (Å²) in [7, 11) is 0. The minimum Gasteiger partial charge on any atom is -0.377 e. The third-order valence-corrected chi connectivity index (χ3v) is 3.97. The molecule has 5 heteroatoms. The van der Waals surface area contributed by atoms with Gasteiger partial charge in [0.15, 0.2) is 0 Å². The van der Waals surface area contributed by atoms with E-state index in [9.17, 15) is 4.79 Å². The van der Waals surface area contributed by atoms with Crippen molar-refractivity contribution in [1.82, 2.24) is 5.32 Å². The summed E-state index contributed by atoms with van der Waals surface area (Å²) in [6.45, 7) is 1.32. The van der Waals surface area contributed by atoms with Crippen molar-refractivity contribution in [2.24, 2.45) is 0 Å². The van der Waals surface area contributed by atoms with Crippen LogP contribution in [0.3, 0.4) is 0 Å². The zero-order valence-corrected chi connectivity index (χ0v) is 9.20. The van der Waals surface area contributed by atoms with Crippen LogP contribution < -0.4 is 5.32 Å². The Morgan fingerprint density at radius 3 is 3.14 bits per heavy atom. The van der Waals surface area contributed by atoms with Crippen LogP contribution in [0.5, 0.6) is 0 Å². The number of carbonyl (C=O) groups is 1. The van der Waals surface area contributed by atoms with Gasteiger partial charge in [0.25, 0.3) is 0 Å². The van der Waals surface area contributed by atoms with E-state index in [4.69, 9.17) is 4.74 Å². The summed E-state index contributed by atoms with van der Waals surface area (Å²) < 4.78 is 6.15. The van der Waals surface area contributed by atoms with E-state index in [1.807, 2.05) is 17.5 Å². The van der Waals surface area contributed by atoms with E-state index in [0.29, 0.717) is 19.0 Å². The first kappa shape index (κ1) is 10.0. The van der Waals surface area contributed by atoms with E-state index in [1.54, 1.807) is 23.1 Å². The van der Waals surface area contributed by atoms with E-state index in [1.165, 1.54) is 4.21 Å². The predicted octanol–water partition coefficient (Wildman–Crippen LogP) is 1.36. The van der Waals surface area contributed by atoms with Gasteiger partial charge in [-0.2, -0.15) is 0 Å². The highest BCUT2D eigenvalue weighted by atomic mass is 32.2. The number of thioether (sulfide) groups is 1. The Morgan fingerprint density at radius 1 is 1.71 bits per heavy atom. The minimum absolute atomic E-state index is 0.0942. The molecular formula is C9H11NO2S2. The maximum atomic E-state index is 11.4. The van der Waals surface area contributed by atoms with Gasteiger partial charge in [0.2, 0.25) is 5.91 Å². The molecule has 1 amide bonds. The van der Waals surface area contributed by atoms with Crippen molar-refractivity contribution in [3.8, 4) is 0 Å². The SMILES string of the molecule is O=C(CSc1cccs1)NC1COC1. The monoisotopic (exact) mass is 229 g/mol. The Morgan fingerprint density at radius 2 is 2.57 bits per heavy atom. The first-order valence-corrected chi connectivity index (χ1v) is 6.24. The molecule has 0 spiro atoms. The van der Waals surface area contributed by atoms with Gasteiger partial charge < -0.3 is 10.1 Å². The number of hydrogen-bond acceptors (Lipinski definition) is 4. The molecule has 0 aromatic carbocycles. The highest BCUT2D eigenvalue weighted by Gasteiger charge is 2.19. The molecule has 1 aliphatic rings. The topological polar surface area (TPSA) is 38.3 Å². The second-order valence-electron chi connectivity index (χ2n) is 3.02. The minimum atomic E-state index is 0.0942. The quantitative estimate of drug-likeness (QED) is 0.792. The average Bonchev–Trinajstić information content (AvgIpc) is 2.60. The van der Waals surface area contributed by atoms with Gasteiger partial charge in [-0.3, -0.25) is 4.79 Å². The Labute approximate surface area is 90.8 Å². The highest BCUT2D eigenvalue weighted by molar-refractivity contribution is 8.01. The van der Waals surface area contributed by atoms with Crippen LogP contribution in [0.4, 0.5) is 0 Å². The lowest BCUT2D eigenvalue weighted by molar-refractivity contribution is -0.122. The predicted molar refractivity (Wildman–Crippen MR) is 57.8 cm³/mol. The summed E-state index contributed by atoms with van der Waals surface area (Å²) in [5.41, 5.74) is 0. The Bertz CT molecular complexity index is 296. The molecule has 0 radical (unpaired) electrons. The summed E-state index contributed by atoms with van der Waals surface area (Å²) in [4.78, 5) is 11.4. The van der Waals surface area contributed by atoms with Gasteiger partial charge in [-0.15, -0.1) is 23.1 Å². The number of ether oxygens (including phenoxy) is 1. The van der Waals surface area contributed by atoms with Gasteiger partial charge in [0.05, 0.1) is 29.2 Å². The van der Waals surface area contributed by atoms with Crippen LogP contribution >= 0.6 is 23.1 Å². The summed E-state index contributed by atoms with van der Waals surface area (Å²) in [6, 6.07) is 4.26. The molecule has 2 rings (SSSR count). The molecule has 0 atom stereocenters. The number of carbonyl (C=O) groups excluding carboxylic acids is 1. The summed E-state index contributed by atoms with van der Waals surface area (Å²) in [6.07, 6.45) is 0. The zero-order chi connectivity index (χ0) is 9.80. The van der Waals surface area contributed by atoms with Crippen molar-refractivity contribution in [1.29, 1.82) is 0 Å². The lowest BCUT2D eigenvalue weighted by Crippen LogP contribution is -2.49. The maximum Gasteiger partial charge on any atom is 0.230 e. The second-order valence-corrected chi connectivity index (χ2v) is 5.25. The van der Waals surface area contributed by atoms with E-state index in [-0.39, 0.29) is 11.9 Å². The first-order chi connectivity index (χ1) is 6.84. The summed E-state index contributed by atoms with van der Waals surface area (Å²) >= 11 is 3.24. The van der Waals surface area contributed by atoms with E-state index in [0.717, 1.165) is 0 Å². The third-order valence-electron chi connectivity index (χ3n) is 1.84. The van der Waals surface area contributed by atoms with Gasteiger partial charge in [-0.25, -0.2) is 0 Å². The molecule has 0 saturated carbocycles. The van der Waals surface area contributed by atoms with Gasteiger partial charge in [0.1, 0.15) is 0 Å². The third kappa shape index (κ3) is 2.73. The second kappa shape index (κ2) is 4.82. The van der Waals surface area contributed by atoms with Crippen molar-refractivity contribution < 1.29 is 9.53 Å². The van der Waals surface area contributed by atoms with Gasteiger partial charge in [0, 0.05) is 0 Å². The highest BCUT2D eigenvalue weighted by Crippen LogP contribution is 2.22. The van der Waals surface area contributed by atoms with Crippen molar-refractivity contribution in [2.75, 3.05) is 19.0 Å². The fraction of sp³-hybridized carbons (Fsp3) is 0.444. The molecule has 0 bridgehead atoms. The average molecular weight is 229 g/mol. The summed E-state index contributed by atoms with van der Waals surface area (Å²) in [5, 5.41) is 4.91. The molecule has 1 N–H and O–H groups in total. The molecule has 1 aromatic rings. The fourth-order valence-corrected chi connectivity index (χ4v) is 2.67. The maximum absolute atomic E-state index is 11.4. The molecule has 1 saturated heterocycles. The Balaban J connectivity index is 1.67. The number of rotatable bonds is 4. The Kier molecular flexibility index (Phi) is 3.44. The molecule has 14 heavy (non-hydrogen) atoms. The largest absolute Gasteiger partial charge is 0.377 e. The van der Waals surface area contributed by atoms with Crippen LogP contribution in [-0.4, -0.2) is 30.9 Å². The number of nitrogens with one attached hydrogen (secondary N) is 1. The van der Waals surface area contributed by atoms with Crippen molar-refractivity contribution in [3.05, 3.63) is 17.5 Å². The van der Waals surface area contributed by atoms with Crippen molar-refractivity contribution in [3.63, 3.8) is 0 Å². The van der Waals surface area contributed by atoms with Crippen LogP contribution in [0, 0.1) is 0 Å². The van der Waals surface area contributed by atoms with Gasteiger partial charge >= 0.3 is 0 Å². The summed E-state index contributed by atoms with van der Waals surface area (Å²) in [5.74, 6) is 0.591. The normalized spacial score (nSPS) is 16.3. The molecular weight excluding hydrogens is 218 g/mol. The van der Waals surface area contributed by atoms with E-state index < -0.39 is 0 Å². The number of hydrogen-bond donors (Lipinski definition) is 1. The van der Waals surface area contributed by atoms with Crippen LogP contribution in [0.25, 0.3) is 0 Å². The van der Waals surface area contributed by atoms with E-state index in [2.05, 4.69) is 5.32 Å².